The van der Waals surface area contributed by atoms with E-state index in [0.717, 1.165) is 137 Å². The molecule has 0 atom stereocenters. The minimum absolute atomic E-state index is 0.00737. The Morgan fingerprint density at radius 3 is 1.17 bits per heavy atom. The summed E-state index contributed by atoms with van der Waals surface area (Å²) in [6.07, 6.45) is 0. The number of para-hydroxylation sites is 4. The molecule has 0 unspecified atom stereocenters. The molecule has 21 rings (SSSR count). The second-order valence-corrected chi connectivity index (χ2v) is 25.5. The molecule has 7 heterocycles. The van der Waals surface area contributed by atoms with Gasteiger partial charge in [0.25, 0.3) is 11.1 Å². The fourth-order valence-electron chi connectivity index (χ4n) is 16.8. The van der Waals surface area contributed by atoms with Gasteiger partial charge >= 0.3 is 0 Å². The quantitative estimate of drug-likeness (QED) is 0.165. The summed E-state index contributed by atoms with van der Waals surface area (Å²) >= 11 is 0. The van der Waals surface area contributed by atoms with Crippen LogP contribution in [-0.4, -0.2) is 22.5 Å². The normalized spacial score (nSPS) is 13.4. The van der Waals surface area contributed by atoms with Gasteiger partial charge in [-0.3, -0.25) is 18.4 Å². The van der Waals surface area contributed by atoms with Crippen molar-refractivity contribution in [2.45, 2.75) is 19.3 Å². The average Bonchev–Trinajstić information content (AvgIpc) is 1.56. The van der Waals surface area contributed by atoms with Gasteiger partial charge in [0.15, 0.2) is 0 Å². The topological polar surface area (TPSA) is 57.8 Å². The molecule has 0 aliphatic heterocycles. The molecule has 0 fully saturated rings. The molecule has 0 spiro atoms. The molecule has 7 nitrogen and oxygen atoms in total. The molecular weight excluding hydrogens is 1100 g/mol. The first-order valence-corrected chi connectivity index (χ1v) is 31.0. The van der Waals surface area contributed by atoms with Crippen LogP contribution >= 0.6 is 0 Å². The average molecular weight is 1150 g/mol. The summed E-state index contributed by atoms with van der Waals surface area (Å²) in [6.45, 7) is 4.72. The largest absolute Gasteiger partial charge is 0.309 e. The Kier molecular flexibility index (Phi) is 9.04. The van der Waals surface area contributed by atoms with E-state index in [1.807, 2.05) is 51.3 Å². The Morgan fingerprint density at radius 1 is 0.244 bits per heavy atom. The van der Waals surface area contributed by atoms with Crippen LogP contribution < -0.4 is 11.1 Å². The molecule has 1 aliphatic carbocycles. The summed E-state index contributed by atoms with van der Waals surface area (Å²) in [5, 5.41) is 16.7. The zero-order valence-corrected chi connectivity index (χ0v) is 48.9. The molecule has 0 saturated heterocycles. The Balaban J connectivity index is 0.780. The van der Waals surface area contributed by atoms with Crippen molar-refractivity contribution in [3.63, 3.8) is 0 Å². The van der Waals surface area contributed by atoms with Crippen LogP contribution in [0.5, 0.6) is 0 Å². The zero-order valence-electron chi connectivity index (χ0n) is 48.9. The number of rotatable bonds is 4. The maximum Gasteiger partial charge on any atom is 0.263 e. The van der Waals surface area contributed by atoms with Gasteiger partial charge in [0.2, 0.25) is 0 Å². The standard InChI is InChI=1S/C83H49N5O2/c1-83(2)69-26-12-7-19-53(69)60-44-64-62-38-47(32-35-76(62)86(78(64)45-70(60)83)50-41-65-51-17-3-5-24-58(51)81(89)87-74-30-16-11-23-57(74)67(42-50)79(65)87)46-31-34-75-61(37-46)56-22-10-15-29-73(56)84(75)48-33-36-77-63(39-48)68-43-49(40-66-52-18-4-6-25-59(52)82(90)88(77)80(66)68)85-71-27-13-8-20-54(71)55-21-9-14-28-72(55)85/h3-45H,1-2H3. The van der Waals surface area contributed by atoms with Gasteiger partial charge in [-0.1, -0.05) is 159 Å². The van der Waals surface area contributed by atoms with Gasteiger partial charge in [0.1, 0.15) is 0 Å². The number of nitrogens with zero attached hydrogens (tertiary/aromatic N) is 5. The fourth-order valence-corrected chi connectivity index (χ4v) is 16.8. The van der Waals surface area contributed by atoms with E-state index < -0.39 is 0 Å². The van der Waals surface area contributed by atoms with Gasteiger partial charge in [-0.05, 0) is 159 Å². The molecule has 7 heteroatoms. The molecule has 0 saturated carbocycles. The third-order valence-electron chi connectivity index (χ3n) is 20.7. The first kappa shape index (κ1) is 48.3. The lowest BCUT2D eigenvalue weighted by atomic mass is 9.82. The molecule has 90 heavy (non-hydrogen) atoms. The predicted molar refractivity (Wildman–Crippen MR) is 374 cm³/mol. The van der Waals surface area contributed by atoms with Crippen LogP contribution in [0.2, 0.25) is 0 Å². The van der Waals surface area contributed by atoms with Crippen LogP contribution in [-0.2, 0) is 5.41 Å². The number of pyridine rings is 2. The molecule has 1 aliphatic rings. The molecule has 0 amide bonds. The monoisotopic (exact) mass is 1150 g/mol. The van der Waals surface area contributed by atoms with Crippen LogP contribution in [0.4, 0.5) is 0 Å². The summed E-state index contributed by atoms with van der Waals surface area (Å²) in [7, 11) is 0. The van der Waals surface area contributed by atoms with Gasteiger partial charge in [0, 0.05) is 97.9 Å². The first-order valence-electron chi connectivity index (χ1n) is 31.0. The highest BCUT2D eigenvalue weighted by molar-refractivity contribution is 6.24. The Hall–Kier alpha value is -11.8. The minimum Gasteiger partial charge on any atom is -0.309 e. The lowest BCUT2D eigenvalue weighted by Crippen LogP contribution is -2.15. The minimum atomic E-state index is -0.213. The second-order valence-electron chi connectivity index (χ2n) is 25.5. The van der Waals surface area contributed by atoms with E-state index in [9.17, 15) is 9.59 Å². The number of fused-ring (bicyclic) bond motifs is 22. The van der Waals surface area contributed by atoms with Gasteiger partial charge in [-0.2, -0.15) is 0 Å². The number of hydrogen-bond donors (Lipinski definition) is 0. The van der Waals surface area contributed by atoms with Crippen LogP contribution in [0, 0.1) is 0 Å². The lowest BCUT2D eigenvalue weighted by molar-refractivity contribution is 0.661. The SMILES string of the molecule is CC1(C)c2ccccc2-c2cc3c4cc(-c5ccc6c(c5)c5ccccc5n6-c5ccc6c(c5)c5cc(-n7c8ccccc8c8ccccc87)cc7c8ccccc8c(=O)n6c75)ccc4n(-c4cc5c6ccccc6c(=O)n6c7ccccc7c(c4)c56)c3cc21. The van der Waals surface area contributed by atoms with Crippen molar-refractivity contribution in [1.29, 1.82) is 0 Å². The van der Waals surface area contributed by atoms with E-state index in [4.69, 9.17) is 0 Å². The van der Waals surface area contributed by atoms with E-state index in [1.165, 1.54) is 43.8 Å². The lowest BCUT2D eigenvalue weighted by Gasteiger charge is -2.21. The maximum absolute atomic E-state index is 14.9. The molecule has 7 aromatic heterocycles. The summed E-state index contributed by atoms with van der Waals surface area (Å²) < 4.78 is 11.2. The zero-order chi connectivity index (χ0) is 59.2. The van der Waals surface area contributed by atoms with E-state index >= 15 is 0 Å². The van der Waals surface area contributed by atoms with Crippen LogP contribution in [0.15, 0.2) is 270 Å². The van der Waals surface area contributed by atoms with E-state index in [0.29, 0.717) is 10.8 Å². The molecule has 0 radical (unpaired) electrons. The summed E-state index contributed by atoms with van der Waals surface area (Å²) in [6, 6.07) is 94.3. The third kappa shape index (κ3) is 5.99. The number of hydrogen-bond acceptors (Lipinski definition) is 2. The maximum atomic E-state index is 14.9. The van der Waals surface area contributed by atoms with Crippen LogP contribution in [0.1, 0.15) is 25.0 Å². The van der Waals surface area contributed by atoms with Gasteiger partial charge in [0.05, 0.1) is 55.2 Å². The van der Waals surface area contributed by atoms with Crippen molar-refractivity contribution in [3.8, 4) is 39.3 Å². The van der Waals surface area contributed by atoms with Crippen molar-refractivity contribution in [2.24, 2.45) is 0 Å². The van der Waals surface area contributed by atoms with Crippen molar-refractivity contribution >= 4 is 141 Å². The highest BCUT2D eigenvalue weighted by atomic mass is 16.1. The summed E-state index contributed by atoms with van der Waals surface area (Å²) in [5.74, 6) is 0. The second kappa shape index (κ2) is 16.8. The van der Waals surface area contributed by atoms with Crippen molar-refractivity contribution in [1.82, 2.24) is 22.5 Å². The molecule has 20 aromatic rings. The van der Waals surface area contributed by atoms with Crippen molar-refractivity contribution < 1.29 is 0 Å². The first-order chi connectivity index (χ1) is 44.2. The Labute approximate surface area is 512 Å². The van der Waals surface area contributed by atoms with E-state index in [-0.39, 0.29) is 16.5 Å². The van der Waals surface area contributed by atoms with Crippen molar-refractivity contribution in [2.75, 3.05) is 0 Å². The Morgan fingerprint density at radius 2 is 0.600 bits per heavy atom. The highest BCUT2D eigenvalue weighted by Gasteiger charge is 2.36. The van der Waals surface area contributed by atoms with Gasteiger partial charge in [-0.25, -0.2) is 0 Å². The van der Waals surface area contributed by atoms with Crippen LogP contribution in [0.25, 0.3) is 181 Å². The van der Waals surface area contributed by atoms with Gasteiger partial charge < -0.3 is 13.7 Å². The van der Waals surface area contributed by atoms with Crippen LogP contribution in [0.3, 0.4) is 0 Å². The Bertz CT molecular complexity index is 6750. The molecule has 0 bridgehead atoms. The molecule has 418 valence electrons. The molecule has 0 N–H and O–H groups in total. The molecular formula is C83H49N5O2. The number of aromatic nitrogens is 5. The smallest absolute Gasteiger partial charge is 0.263 e. The number of benzene rings is 13. The summed E-state index contributed by atoms with van der Waals surface area (Å²) in [5.41, 5.74) is 20.8. The third-order valence-corrected chi connectivity index (χ3v) is 20.7. The molecule has 13 aromatic carbocycles. The van der Waals surface area contributed by atoms with Gasteiger partial charge in [-0.15, -0.1) is 0 Å². The van der Waals surface area contributed by atoms with E-state index in [1.54, 1.807) is 0 Å². The highest BCUT2D eigenvalue weighted by Crippen LogP contribution is 2.52. The predicted octanol–water partition coefficient (Wildman–Crippen LogP) is 20.0. The fraction of sp³-hybridized carbons (Fsp3) is 0.0361. The van der Waals surface area contributed by atoms with E-state index in [2.05, 4.69) is 246 Å². The summed E-state index contributed by atoms with van der Waals surface area (Å²) in [4.78, 5) is 29.3. The van der Waals surface area contributed by atoms with Crippen molar-refractivity contribution in [3.05, 3.63) is 293 Å².